The Morgan fingerprint density at radius 2 is 2.15 bits per heavy atom. The van der Waals surface area contributed by atoms with Crippen LogP contribution < -0.4 is 9.44 Å². The van der Waals surface area contributed by atoms with E-state index in [0.29, 0.717) is 0 Å². The fourth-order valence-electron chi connectivity index (χ4n) is 1.16. The predicted molar refractivity (Wildman–Crippen MR) is 67.5 cm³/mol. The molecule has 0 saturated heterocycles. The molecule has 0 saturated carbocycles. The van der Waals surface area contributed by atoms with E-state index in [0.717, 1.165) is 18.2 Å². The van der Waals surface area contributed by atoms with E-state index in [4.69, 9.17) is 0 Å². The van der Waals surface area contributed by atoms with Gasteiger partial charge < -0.3 is 9.84 Å². The van der Waals surface area contributed by atoms with Crippen molar-refractivity contribution in [3.8, 4) is 5.75 Å². The summed E-state index contributed by atoms with van der Waals surface area (Å²) >= 11 is 0. The zero-order valence-electron chi connectivity index (χ0n) is 10.2. The number of hydrogen-bond acceptors (Lipinski definition) is 7. The minimum absolute atomic E-state index is 0.0237. The summed E-state index contributed by atoms with van der Waals surface area (Å²) in [5, 5.41) is 19.9. The molecule has 1 amide bonds. The largest absolute Gasteiger partial charge is 0.505 e. The lowest BCUT2D eigenvalue weighted by molar-refractivity contribution is -0.384. The Kier molecular flexibility index (Phi) is 4.69. The van der Waals surface area contributed by atoms with Gasteiger partial charge in [-0.3, -0.25) is 14.8 Å². The first-order valence-electron chi connectivity index (χ1n) is 5.20. The van der Waals surface area contributed by atoms with Crippen molar-refractivity contribution in [1.29, 1.82) is 0 Å². The molecule has 1 rings (SSSR count). The van der Waals surface area contributed by atoms with Crippen LogP contribution in [0, 0.1) is 10.1 Å². The smallest absolute Gasteiger partial charge is 0.422 e. The molecule has 3 N–H and O–H groups in total. The highest BCUT2D eigenvalue weighted by Gasteiger charge is 2.18. The fourth-order valence-corrected chi connectivity index (χ4v) is 1.95. The lowest BCUT2D eigenvalue weighted by atomic mass is 10.3. The predicted octanol–water partition coefficient (Wildman–Crippen LogP) is 0.703. The molecule has 0 aliphatic carbocycles. The van der Waals surface area contributed by atoms with Gasteiger partial charge in [-0.15, -0.1) is 0 Å². The quantitative estimate of drug-likeness (QED) is 0.412. The molecular formula is C9H11N3O7S. The van der Waals surface area contributed by atoms with Crippen molar-refractivity contribution < 1.29 is 28.0 Å². The highest BCUT2D eigenvalue weighted by Crippen LogP contribution is 2.28. The molecule has 1 aromatic carbocycles. The molecule has 110 valence electrons. The maximum Gasteiger partial charge on any atom is 0.422 e. The molecule has 10 nitrogen and oxygen atoms in total. The van der Waals surface area contributed by atoms with Gasteiger partial charge in [0.25, 0.3) is 5.69 Å². The number of benzene rings is 1. The first-order valence-corrected chi connectivity index (χ1v) is 6.68. The summed E-state index contributed by atoms with van der Waals surface area (Å²) in [7, 11) is -4.32. The number of nitro benzene ring substituents is 1. The number of ether oxygens (including phenoxy) is 1. The van der Waals surface area contributed by atoms with Gasteiger partial charge in [0.2, 0.25) is 0 Å². The van der Waals surface area contributed by atoms with Gasteiger partial charge in [0, 0.05) is 6.07 Å². The summed E-state index contributed by atoms with van der Waals surface area (Å²) in [5.74, 6) is -0.659. The number of hydrogen-bond donors (Lipinski definition) is 3. The Hall–Kier alpha value is -2.56. The number of carbonyl (C=O) groups excluding carboxylic acids is 1. The fraction of sp³-hybridized carbons (Fsp3) is 0.222. The summed E-state index contributed by atoms with van der Waals surface area (Å²) in [6.07, 6.45) is -1.19. The Labute approximate surface area is 113 Å². The second-order valence-corrected chi connectivity index (χ2v) is 4.80. The molecule has 0 aromatic heterocycles. The van der Waals surface area contributed by atoms with Crippen molar-refractivity contribution in [3.63, 3.8) is 0 Å². The number of anilines is 1. The zero-order valence-corrected chi connectivity index (χ0v) is 11.0. The summed E-state index contributed by atoms with van der Waals surface area (Å²) in [6, 6.07) is 2.74. The van der Waals surface area contributed by atoms with E-state index in [1.807, 2.05) is 4.72 Å². The van der Waals surface area contributed by atoms with E-state index in [9.17, 15) is 28.4 Å². The lowest BCUT2D eigenvalue weighted by Crippen LogP contribution is -2.35. The van der Waals surface area contributed by atoms with Crippen LogP contribution in [-0.4, -0.2) is 31.1 Å². The topological polar surface area (TPSA) is 148 Å². The number of amides is 1. The Bertz CT molecular complexity index is 628. The maximum absolute atomic E-state index is 11.5. The number of aromatic hydroxyl groups is 1. The number of nitro groups is 1. The van der Waals surface area contributed by atoms with Gasteiger partial charge in [0.15, 0.2) is 0 Å². The average molecular weight is 305 g/mol. The van der Waals surface area contributed by atoms with Crippen LogP contribution in [0.3, 0.4) is 0 Å². The van der Waals surface area contributed by atoms with E-state index in [2.05, 4.69) is 4.74 Å². The molecule has 0 radical (unpaired) electrons. The maximum atomic E-state index is 11.5. The number of nitrogens with zero attached hydrogens (tertiary/aromatic N) is 1. The highest BCUT2D eigenvalue weighted by atomic mass is 32.2. The molecular weight excluding hydrogens is 294 g/mol. The van der Waals surface area contributed by atoms with Crippen molar-refractivity contribution in [2.24, 2.45) is 0 Å². The van der Waals surface area contributed by atoms with E-state index in [1.165, 1.54) is 11.6 Å². The van der Waals surface area contributed by atoms with Crippen LogP contribution in [0.25, 0.3) is 0 Å². The van der Waals surface area contributed by atoms with Crippen molar-refractivity contribution >= 4 is 27.7 Å². The average Bonchev–Trinajstić information content (AvgIpc) is 2.30. The zero-order chi connectivity index (χ0) is 15.3. The summed E-state index contributed by atoms with van der Waals surface area (Å²) in [4.78, 5) is 20.7. The molecule has 0 aliphatic heterocycles. The molecule has 0 spiro atoms. The molecule has 0 aliphatic rings. The van der Waals surface area contributed by atoms with Gasteiger partial charge >= 0.3 is 16.3 Å². The number of nitrogens with one attached hydrogen (secondary N) is 2. The molecule has 11 heteroatoms. The van der Waals surface area contributed by atoms with Crippen LogP contribution in [0.2, 0.25) is 0 Å². The summed E-state index contributed by atoms with van der Waals surface area (Å²) in [6.45, 7) is 1.46. The second kappa shape index (κ2) is 6.06. The number of phenols is 1. The van der Waals surface area contributed by atoms with Gasteiger partial charge in [0.1, 0.15) is 5.75 Å². The first-order chi connectivity index (χ1) is 9.25. The third-order valence-corrected chi connectivity index (χ3v) is 2.85. The molecule has 0 atom stereocenters. The van der Waals surface area contributed by atoms with Crippen LogP contribution in [0.5, 0.6) is 5.75 Å². The van der Waals surface area contributed by atoms with Gasteiger partial charge in [-0.2, -0.15) is 8.42 Å². The van der Waals surface area contributed by atoms with E-state index >= 15 is 0 Å². The molecule has 0 fully saturated rings. The Morgan fingerprint density at radius 3 is 2.65 bits per heavy atom. The van der Waals surface area contributed by atoms with E-state index in [1.54, 1.807) is 0 Å². The van der Waals surface area contributed by atoms with Gasteiger partial charge in [-0.25, -0.2) is 9.52 Å². The van der Waals surface area contributed by atoms with Crippen LogP contribution >= 0.6 is 0 Å². The third kappa shape index (κ3) is 4.28. The monoisotopic (exact) mass is 305 g/mol. The van der Waals surface area contributed by atoms with E-state index < -0.39 is 32.7 Å². The SMILES string of the molecule is CCOC(=O)NS(=O)(=O)Nc1ccc([N+](=O)[O-])cc1O. The van der Waals surface area contributed by atoms with Crippen molar-refractivity contribution in [2.45, 2.75) is 6.92 Å². The normalized spacial score (nSPS) is 10.7. The van der Waals surface area contributed by atoms with Gasteiger partial charge in [0.05, 0.1) is 23.3 Å². The molecule has 20 heavy (non-hydrogen) atoms. The Morgan fingerprint density at radius 1 is 1.50 bits per heavy atom. The number of rotatable bonds is 5. The standard InChI is InChI=1S/C9H11N3O7S/c1-2-19-9(14)11-20(17,18)10-7-4-3-6(12(15)16)5-8(7)13/h3-5,10,13H,2H2,1H3,(H,11,14). The minimum atomic E-state index is -4.32. The van der Waals surface area contributed by atoms with Crippen LogP contribution in [0.15, 0.2) is 18.2 Å². The van der Waals surface area contributed by atoms with Gasteiger partial charge in [-0.05, 0) is 13.0 Å². The second-order valence-electron chi connectivity index (χ2n) is 3.39. The summed E-state index contributed by atoms with van der Waals surface area (Å²) in [5.41, 5.74) is -0.740. The number of phenolic OH excluding ortho intramolecular Hbond substituents is 1. The molecule has 0 heterocycles. The van der Waals surface area contributed by atoms with Gasteiger partial charge in [-0.1, -0.05) is 0 Å². The van der Waals surface area contributed by atoms with Crippen molar-refractivity contribution in [1.82, 2.24) is 4.72 Å². The lowest BCUT2D eigenvalue weighted by Gasteiger charge is -2.10. The van der Waals surface area contributed by atoms with Crippen LogP contribution in [-0.2, 0) is 14.9 Å². The minimum Gasteiger partial charge on any atom is -0.505 e. The van der Waals surface area contributed by atoms with Crippen LogP contribution in [0.1, 0.15) is 6.92 Å². The molecule has 0 unspecified atom stereocenters. The molecule has 1 aromatic rings. The van der Waals surface area contributed by atoms with Crippen LogP contribution in [0.4, 0.5) is 16.2 Å². The highest BCUT2D eigenvalue weighted by molar-refractivity contribution is 7.91. The molecule has 0 bridgehead atoms. The van der Waals surface area contributed by atoms with Crippen molar-refractivity contribution in [3.05, 3.63) is 28.3 Å². The number of non-ortho nitro benzene ring substituents is 1. The first kappa shape index (κ1) is 15.5. The van der Waals surface area contributed by atoms with Crippen molar-refractivity contribution in [2.75, 3.05) is 11.3 Å². The van der Waals surface area contributed by atoms with E-state index in [-0.39, 0.29) is 12.3 Å². The Balaban J connectivity index is 2.87. The number of carbonyl (C=O) groups is 1. The third-order valence-electron chi connectivity index (χ3n) is 1.93. The summed E-state index contributed by atoms with van der Waals surface area (Å²) < 4.78 is 30.7.